The maximum Gasteiger partial charge on any atom is 0.0787 e. The van der Waals surface area contributed by atoms with Gasteiger partial charge in [0.1, 0.15) is 0 Å². The summed E-state index contributed by atoms with van der Waals surface area (Å²) in [6, 6.07) is 2.22. The van der Waals surface area contributed by atoms with E-state index in [-0.39, 0.29) is 6.04 Å². The molecule has 3 N–H and O–H groups in total. The molecule has 1 aromatic heterocycles. The predicted molar refractivity (Wildman–Crippen MR) is 67.9 cm³/mol. The average molecular weight is 293 g/mol. The lowest BCUT2D eigenvalue weighted by molar-refractivity contribution is 0.113. The van der Waals surface area contributed by atoms with Gasteiger partial charge in [-0.1, -0.05) is 6.92 Å². The van der Waals surface area contributed by atoms with Gasteiger partial charge in [-0.05, 0) is 40.9 Å². The molecule has 0 bridgehead atoms. The highest BCUT2D eigenvalue weighted by Gasteiger charge is 2.13. The van der Waals surface area contributed by atoms with Gasteiger partial charge in [-0.25, -0.2) is 5.43 Å². The highest BCUT2D eigenvalue weighted by Crippen LogP contribution is 2.31. The molecule has 0 aliphatic rings. The summed E-state index contributed by atoms with van der Waals surface area (Å²) in [4.78, 5) is 1.21. The number of rotatable bonds is 6. The highest BCUT2D eigenvalue weighted by molar-refractivity contribution is 9.11. The highest BCUT2D eigenvalue weighted by atomic mass is 79.9. The minimum absolute atomic E-state index is 0.0894. The molecule has 0 aliphatic heterocycles. The molecule has 0 spiro atoms. The van der Waals surface area contributed by atoms with Gasteiger partial charge in [0, 0.05) is 11.5 Å². The van der Waals surface area contributed by atoms with E-state index in [0.717, 1.165) is 16.8 Å². The maximum atomic E-state index is 5.51. The van der Waals surface area contributed by atoms with Gasteiger partial charge in [0.25, 0.3) is 0 Å². The molecule has 3 nitrogen and oxygen atoms in total. The largest absolute Gasteiger partial charge is 0.379 e. The van der Waals surface area contributed by atoms with Crippen molar-refractivity contribution < 1.29 is 4.74 Å². The Balaban J connectivity index is 2.57. The van der Waals surface area contributed by atoms with Crippen LogP contribution in [0, 0.1) is 6.92 Å². The van der Waals surface area contributed by atoms with Gasteiger partial charge in [0.15, 0.2) is 0 Å². The fourth-order valence-corrected chi connectivity index (χ4v) is 2.83. The van der Waals surface area contributed by atoms with Crippen LogP contribution in [-0.4, -0.2) is 13.2 Å². The molecule has 5 heteroatoms. The molecule has 1 rings (SSSR count). The lowest BCUT2D eigenvalue weighted by Gasteiger charge is -2.13. The summed E-state index contributed by atoms with van der Waals surface area (Å²) in [6.07, 6.45) is 1.03. The molecule has 0 amide bonds. The third kappa shape index (κ3) is 3.85. The first kappa shape index (κ1) is 13.1. The first-order valence-electron chi connectivity index (χ1n) is 4.98. The fraction of sp³-hybridized carbons (Fsp3) is 0.600. The second-order valence-corrected chi connectivity index (χ2v) is 5.80. The van der Waals surface area contributed by atoms with Crippen LogP contribution in [0.25, 0.3) is 0 Å². The van der Waals surface area contributed by atoms with Crippen molar-refractivity contribution in [3.05, 3.63) is 20.3 Å². The van der Waals surface area contributed by atoms with Crippen LogP contribution in [0.4, 0.5) is 0 Å². The molecule has 0 fully saturated rings. The van der Waals surface area contributed by atoms with Crippen molar-refractivity contribution >= 4 is 27.3 Å². The Bertz CT molecular complexity index is 284. The van der Waals surface area contributed by atoms with E-state index in [1.165, 1.54) is 10.4 Å². The smallest absolute Gasteiger partial charge is 0.0787 e. The Morgan fingerprint density at radius 3 is 2.87 bits per heavy atom. The number of hydrogen-bond acceptors (Lipinski definition) is 4. The molecule has 0 radical (unpaired) electrons. The molecule has 0 aliphatic carbocycles. The van der Waals surface area contributed by atoms with Crippen molar-refractivity contribution in [3.63, 3.8) is 0 Å². The van der Waals surface area contributed by atoms with Crippen molar-refractivity contribution in [2.45, 2.75) is 26.3 Å². The lowest BCUT2D eigenvalue weighted by atomic mass is 10.2. The van der Waals surface area contributed by atoms with E-state index in [1.54, 1.807) is 11.3 Å². The van der Waals surface area contributed by atoms with E-state index in [0.29, 0.717) is 6.61 Å². The van der Waals surface area contributed by atoms with Gasteiger partial charge in [-0.15, -0.1) is 11.3 Å². The maximum absolute atomic E-state index is 5.51. The van der Waals surface area contributed by atoms with E-state index < -0.39 is 0 Å². The minimum atomic E-state index is 0.0894. The zero-order valence-electron chi connectivity index (χ0n) is 9.05. The van der Waals surface area contributed by atoms with Crippen molar-refractivity contribution in [3.8, 4) is 0 Å². The number of thiophene rings is 1. The Morgan fingerprint density at radius 1 is 1.67 bits per heavy atom. The number of ether oxygens (including phenoxy) is 1. The first-order valence-corrected chi connectivity index (χ1v) is 6.59. The Hall–Kier alpha value is 0.0600. The van der Waals surface area contributed by atoms with Crippen LogP contribution >= 0.6 is 27.3 Å². The third-order valence-corrected chi connectivity index (χ3v) is 4.30. The van der Waals surface area contributed by atoms with Crippen LogP contribution in [0.5, 0.6) is 0 Å². The van der Waals surface area contributed by atoms with Gasteiger partial charge in [-0.2, -0.15) is 0 Å². The van der Waals surface area contributed by atoms with E-state index in [2.05, 4.69) is 41.3 Å². The summed E-state index contributed by atoms with van der Waals surface area (Å²) in [5.41, 5.74) is 4.02. The molecular formula is C10H17BrN2OS. The minimum Gasteiger partial charge on any atom is -0.379 e. The zero-order valence-corrected chi connectivity index (χ0v) is 11.5. The average Bonchev–Trinajstić information content (AvgIpc) is 2.54. The van der Waals surface area contributed by atoms with Gasteiger partial charge in [-0.3, -0.25) is 5.84 Å². The van der Waals surface area contributed by atoms with Crippen LogP contribution < -0.4 is 11.3 Å². The van der Waals surface area contributed by atoms with Crippen molar-refractivity contribution in [2.24, 2.45) is 5.84 Å². The van der Waals surface area contributed by atoms with Gasteiger partial charge in [0.2, 0.25) is 0 Å². The van der Waals surface area contributed by atoms with Crippen LogP contribution in [0.2, 0.25) is 0 Å². The first-order chi connectivity index (χ1) is 7.19. The SMILES string of the molecule is CCCOCC(NN)c1cc(C)c(Br)s1. The van der Waals surface area contributed by atoms with Crippen LogP contribution in [0.15, 0.2) is 9.85 Å². The Labute approximate surface area is 103 Å². The third-order valence-electron chi connectivity index (χ3n) is 2.05. The van der Waals surface area contributed by atoms with Crippen LogP contribution in [-0.2, 0) is 4.74 Å². The van der Waals surface area contributed by atoms with Crippen LogP contribution in [0.1, 0.15) is 29.8 Å². The molecule has 1 heterocycles. The quantitative estimate of drug-likeness (QED) is 0.481. The summed E-state index contributed by atoms with van der Waals surface area (Å²) in [7, 11) is 0. The van der Waals surface area contributed by atoms with Gasteiger partial charge < -0.3 is 4.74 Å². The van der Waals surface area contributed by atoms with E-state index in [1.807, 2.05) is 0 Å². The number of hydrogen-bond donors (Lipinski definition) is 2. The summed E-state index contributed by atoms with van der Waals surface area (Å²) >= 11 is 5.20. The summed E-state index contributed by atoms with van der Waals surface area (Å²) < 4.78 is 6.65. The van der Waals surface area contributed by atoms with Crippen molar-refractivity contribution in [2.75, 3.05) is 13.2 Å². The molecule has 0 aromatic carbocycles. The van der Waals surface area contributed by atoms with Gasteiger partial charge in [0.05, 0.1) is 16.4 Å². The fourth-order valence-electron chi connectivity index (χ4n) is 1.21. The second-order valence-electron chi connectivity index (χ2n) is 3.40. The normalized spacial score (nSPS) is 13.1. The molecule has 1 aromatic rings. The zero-order chi connectivity index (χ0) is 11.3. The number of nitrogens with two attached hydrogens (primary N) is 1. The number of halogens is 1. The Kier molecular flexibility index (Phi) is 5.78. The summed E-state index contributed by atoms with van der Waals surface area (Å²) in [6.45, 7) is 5.57. The number of hydrazine groups is 1. The molecule has 0 saturated carbocycles. The number of nitrogens with one attached hydrogen (secondary N) is 1. The van der Waals surface area contributed by atoms with Gasteiger partial charge >= 0.3 is 0 Å². The molecule has 1 unspecified atom stereocenters. The molecule has 86 valence electrons. The standard InChI is InChI=1S/C10H17BrN2OS/c1-3-4-14-6-8(13-12)9-5-7(2)10(11)15-9/h5,8,13H,3-4,6,12H2,1-2H3. The van der Waals surface area contributed by atoms with E-state index >= 15 is 0 Å². The van der Waals surface area contributed by atoms with Crippen molar-refractivity contribution in [1.82, 2.24) is 5.43 Å². The predicted octanol–water partition coefficient (Wildman–Crippen LogP) is 2.75. The monoisotopic (exact) mass is 292 g/mol. The molecule has 1 atom stereocenters. The van der Waals surface area contributed by atoms with E-state index in [9.17, 15) is 0 Å². The number of aryl methyl sites for hydroxylation is 1. The summed E-state index contributed by atoms with van der Waals surface area (Å²) in [5.74, 6) is 5.51. The van der Waals surface area contributed by atoms with Crippen LogP contribution in [0.3, 0.4) is 0 Å². The summed E-state index contributed by atoms with van der Waals surface area (Å²) in [5, 5.41) is 0. The van der Waals surface area contributed by atoms with E-state index in [4.69, 9.17) is 10.6 Å². The Morgan fingerprint density at radius 2 is 2.40 bits per heavy atom. The lowest BCUT2D eigenvalue weighted by Crippen LogP contribution is -2.30. The molecule has 0 saturated heterocycles. The topological polar surface area (TPSA) is 47.3 Å². The molecular weight excluding hydrogens is 276 g/mol. The second kappa shape index (κ2) is 6.60. The molecule has 15 heavy (non-hydrogen) atoms. The van der Waals surface area contributed by atoms with Crippen molar-refractivity contribution in [1.29, 1.82) is 0 Å².